The van der Waals surface area contributed by atoms with E-state index in [0.717, 1.165) is 48.7 Å². The van der Waals surface area contributed by atoms with Gasteiger partial charge in [-0.15, -0.1) is 0 Å². The van der Waals surface area contributed by atoms with Gasteiger partial charge in [-0.25, -0.2) is 9.97 Å². The first kappa shape index (κ1) is 15.1. The average molecular weight is 323 g/mol. The molecule has 6 nitrogen and oxygen atoms in total. The van der Waals surface area contributed by atoms with Crippen molar-refractivity contribution < 1.29 is 4.79 Å². The Labute approximate surface area is 141 Å². The van der Waals surface area contributed by atoms with Crippen molar-refractivity contribution >= 4 is 11.7 Å². The fourth-order valence-electron chi connectivity index (χ4n) is 3.57. The molecule has 1 saturated heterocycles. The van der Waals surface area contributed by atoms with Crippen molar-refractivity contribution in [3.63, 3.8) is 0 Å². The van der Waals surface area contributed by atoms with Crippen LogP contribution >= 0.6 is 0 Å². The van der Waals surface area contributed by atoms with E-state index in [1.54, 1.807) is 6.33 Å². The van der Waals surface area contributed by atoms with E-state index in [0.29, 0.717) is 6.54 Å². The lowest BCUT2D eigenvalue weighted by Crippen LogP contribution is -2.51. The molecule has 0 bridgehead atoms. The minimum Gasteiger partial charge on any atom is -0.352 e. The SMILES string of the molecule is CN1CCc2ncnc(N3CCNC(=O)C3c3ccccc3)c2C1. The van der Waals surface area contributed by atoms with E-state index in [1.165, 1.54) is 0 Å². The van der Waals surface area contributed by atoms with E-state index < -0.39 is 0 Å². The summed E-state index contributed by atoms with van der Waals surface area (Å²) in [7, 11) is 2.11. The Bertz CT molecular complexity index is 748. The number of hydrogen-bond acceptors (Lipinski definition) is 5. The normalized spacial score (nSPS) is 21.3. The number of piperazine rings is 1. The number of nitrogens with one attached hydrogen (secondary N) is 1. The Morgan fingerprint density at radius 3 is 2.83 bits per heavy atom. The molecule has 1 aromatic carbocycles. The summed E-state index contributed by atoms with van der Waals surface area (Å²) in [5.41, 5.74) is 3.25. The summed E-state index contributed by atoms with van der Waals surface area (Å²) in [6.07, 6.45) is 2.56. The molecule has 1 amide bonds. The molecular formula is C18H21N5O. The van der Waals surface area contributed by atoms with Crippen LogP contribution in [0.15, 0.2) is 36.7 Å². The first-order chi connectivity index (χ1) is 11.7. The first-order valence-corrected chi connectivity index (χ1v) is 8.34. The van der Waals surface area contributed by atoms with Gasteiger partial charge in [0.15, 0.2) is 0 Å². The summed E-state index contributed by atoms with van der Waals surface area (Å²) in [6, 6.07) is 9.57. The molecule has 24 heavy (non-hydrogen) atoms. The molecule has 6 heteroatoms. The summed E-state index contributed by atoms with van der Waals surface area (Å²) in [5, 5.41) is 2.98. The summed E-state index contributed by atoms with van der Waals surface area (Å²) in [6.45, 7) is 3.21. The third-order valence-electron chi connectivity index (χ3n) is 4.77. The van der Waals surface area contributed by atoms with Gasteiger partial charge in [0.25, 0.3) is 0 Å². The lowest BCUT2D eigenvalue weighted by Gasteiger charge is -2.38. The summed E-state index contributed by atoms with van der Waals surface area (Å²) < 4.78 is 0. The number of anilines is 1. The predicted octanol–water partition coefficient (Wildman–Crippen LogP) is 1.14. The molecule has 0 aliphatic carbocycles. The van der Waals surface area contributed by atoms with Crippen molar-refractivity contribution in [2.24, 2.45) is 0 Å². The highest BCUT2D eigenvalue weighted by molar-refractivity contribution is 5.87. The van der Waals surface area contributed by atoms with Crippen molar-refractivity contribution in [2.45, 2.75) is 19.0 Å². The van der Waals surface area contributed by atoms with Crippen LogP contribution in [0.4, 0.5) is 5.82 Å². The number of aromatic nitrogens is 2. The van der Waals surface area contributed by atoms with Gasteiger partial charge in [-0.1, -0.05) is 30.3 Å². The lowest BCUT2D eigenvalue weighted by molar-refractivity contribution is -0.123. The third-order valence-corrected chi connectivity index (χ3v) is 4.77. The number of hydrogen-bond donors (Lipinski definition) is 1. The van der Waals surface area contributed by atoms with Gasteiger partial charge in [0, 0.05) is 38.2 Å². The standard InChI is InChI=1S/C18H21N5O/c1-22-9-7-15-14(11-22)17(21-12-20-15)23-10-8-19-18(24)16(23)13-5-3-2-4-6-13/h2-6,12,16H,7-11H2,1H3,(H,19,24). The van der Waals surface area contributed by atoms with Crippen molar-refractivity contribution in [1.82, 2.24) is 20.2 Å². The van der Waals surface area contributed by atoms with Crippen LogP contribution in [-0.4, -0.2) is 47.5 Å². The van der Waals surface area contributed by atoms with Crippen LogP contribution in [0, 0.1) is 0 Å². The summed E-state index contributed by atoms with van der Waals surface area (Å²) >= 11 is 0. The zero-order valence-corrected chi connectivity index (χ0v) is 13.8. The maximum absolute atomic E-state index is 12.6. The Kier molecular flexibility index (Phi) is 3.90. The van der Waals surface area contributed by atoms with E-state index in [4.69, 9.17) is 0 Å². The van der Waals surface area contributed by atoms with Crippen LogP contribution in [0.3, 0.4) is 0 Å². The molecule has 1 aromatic heterocycles. The molecule has 2 aliphatic heterocycles. The van der Waals surface area contributed by atoms with Crippen LogP contribution in [0.1, 0.15) is 22.9 Å². The second-order valence-electron chi connectivity index (χ2n) is 6.41. The molecule has 3 heterocycles. The Hall–Kier alpha value is -2.47. The number of rotatable bonds is 2. The van der Waals surface area contributed by atoms with Gasteiger partial charge >= 0.3 is 0 Å². The molecule has 0 spiro atoms. The van der Waals surface area contributed by atoms with Crippen LogP contribution in [0.25, 0.3) is 0 Å². The van der Waals surface area contributed by atoms with Crippen molar-refractivity contribution in [1.29, 1.82) is 0 Å². The molecule has 1 unspecified atom stereocenters. The van der Waals surface area contributed by atoms with Gasteiger partial charge in [-0.3, -0.25) is 4.79 Å². The molecule has 1 N–H and O–H groups in total. The second kappa shape index (κ2) is 6.20. The van der Waals surface area contributed by atoms with E-state index in [9.17, 15) is 4.79 Å². The molecule has 124 valence electrons. The molecule has 0 radical (unpaired) electrons. The maximum Gasteiger partial charge on any atom is 0.247 e. The maximum atomic E-state index is 12.6. The van der Waals surface area contributed by atoms with Crippen LogP contribution in [-0.2, 0) is 17.8 Å². The van der Waals surface area contributed by atoms with E-state index in [-0.39, 0.29) is 11.9 Å². The summed E-state index contributed by atoms with van der Waals surface area (Å²) in [4.78, 5) is 26.0. The minimum absolute atomic E-state index is 0.0315. The molecular weight excluding hydrogens is 302 g/mol. The van der Waals surface area contributed by atoms with Crippen molar-refractivity contribution in [3.8, 4) is 0 Å². The number of nitrogens with zero attached hydrogens (tertiary/aromatic N) is 4. The fourth-order valence-corrected chi connectivity index (χ4v) is 3.57. The highest BCUT2D eigenvalue weighted by Crippen LogP contribution is 2.32. The molecule has 0 saturated carbocycles. The Morgan fingerprint density at radius 1 is 1.17 bits per heavy atom. The average Bonchev–Trinajstić information content (AvgIpc) is 2.61. The second-order valence-corrected chi connectivity index (χ2v) is 6.41. The molecule has 4 rings (SSSR count). The van der Waals surface area contributed by atoms with E-state index >= 15 is 0 Å². The zero-order valence-electron chi connectivity index (χ0n) is 13.8. The van der Waals surface area contributed by atoms with Gasteiger partial charge in [0.05, 0.1) is 5.69 Å². The lowest BCUT2D eigenvalue weighted by atomic mass is 10.00. The summed E-state index contributed by atoms with van der Waals surface area (Å²) in [5.74, 6) is 0.930. The number of carbonyl (C=O) groups is 1. The molecule has 2 aliphatic rings. The highest BCUT2D eigenvalue weighted by Gasteiger charge is 2.34. The number of benzene rings is 1. The minimum atomic E-state index is -0.341. The molecule has 2 aromatic rings. The van der Waals surface area contributed by atoms with E-state index in [1.807, 2.05) is 30.3 Å². The van der Waals surface area contributed by atoms with Gasteiger partial charge < -0.3 is 15.1 Å². The van der Waals surface area contributed by atoms with Crippen LogP contribution < -0.4 is 10.2 Å². The third kappa shape index (κ3) is 2.63. The van der Waals surface area contributed by atoms with Gasteiger partial charge in [-0.2, -0.15) is 0 Å². The molecule has 1 fully saturated rings. The van der Waals surface area contributed by atoms with Gasteiger partial charge in [-0.05, 0) is 12.6 Å². The van der Waals surface area contributed by atoms with Gasteiger partial charge in [0.1, 0.15) is 18.2 Å². The Balaban J connectivity index is 1.78. The first-order valence-electron chi connectivity index (χ1n) is 8.34. The Morgan fingerprint density at radius 2 is 2.00 bits per heavy atom. The van der Waals surface area contributed by atoms with Crippen molar-refractivity contribution in [3.05, 3.63) is 53.5 Å². The monoisotopic (exact) mass is 323 g/mol. The number of likely N-dealkylation sites (N-methyl/N-ethyl adjacent to an activating group) is 1. The number of carbonyl (C=O) groups excluding carboxylic acids is 1. The van der Waals surface area contributed by atoms with Crippen molar-refractivity contribution in [2.75, 3.05) is 31.6 Å². The smallest absolute Gasteiger partial charge is 0.247 e. The molecule has 1 atom stereocenters. The quantitative estimate of drug-likeness (QED) is 0.898. The predicted molar refractivity (Wildman–Crippen MR) is 91.6 cm³/mol. The topological polar surface area (TPSA) is 61.4 Å². The zero-order chi connectivity index (χ0) is 16.5. The van der Waals surface area contributed by atoms with Gasteiger partial charge in [0.2, 0.25) is 5.91 Å². The number of fused-ring (bicyclic) bond motifs is 1. The van der Waals surface area contributed by atoms with Crippen LogP contribution in [0.2, 0.25) is 0 Å². The van der Waals surface area contributed by atoms with E-state index in [2.05, 4.69) is 32.1 Å². The largest absolute Gasteiger partial charge is 0.352 e. The highest BCUT2D eigenvalue weighted by atomic mass is 16.2. The van der Waals surface area contributed by atoms with Crippen LogP contribution in [0.5, 0.6) is 0 Å². The number of amides is 1. The fraction of sp³-hybridized carbons (Fsp3) is 0.389.